The van der Waals surface area contributed by atoms with Crippen LogP contribution in [0.2, 0.25) is 0 Å². The van der Waals surface area contributed by atoms with Gasteiger partial charge in [-0.15, -0.1) is 0 Å². The molecule has 0 fully saturated rings. The minimum Gasteiger partial charge on any atom is -0.297 e. The first-order chi connectivity index (χ1) is 5.97. The molecule has 62 valence electrons. The zero-order valence-electron chi connectivity index (χ0n) is 7.11. The van der Waals surface area contributed by atoms with Gasteiger partial charge < -0.3 is 0 Å². The Balaban J connectivity index is 2.19. The Morgan fingerprint density at radius 1 is 1.17 bits per heavy atom. The van der Waals surface area contributed by atoms with Crippen molar-refractivity contribution in [1.82, 2.24) is 0 Å². The van der Waals surface area contributed by atoms with Crippen molar-refractivity contribution in [2.45, 2.75) is 18.8 Å². The van der Waals surface area contributed by atoms with Crippen LogP contribution in [0.25, 0.3) is 0 Å². The first-order valence-electron chi connectivity index (χ1n) is 4.52. The summed E-state index contributed by atoms with van der Waals surface area (Å²) < 4.78 is 0. The molecular formula is C11H13N. The summed E-state index contributed by atoms with van der Waals surface area (Å²) in [6.07, 6.45) is 4.59. The van der Waals surface area contributed by atoms with E-state index >= 15 is 0 Å². The maximum absolute atomic E-state index is 4.31. The van der Waals surface area contributed by atoms with E-state index in [-0.39, 0.29) is 0 Å². The lowest BCUT2D eigenvalue weighted by Crippen LogP contribution is -2.06. The lowest BCUT2D eigenvalue weighted by atomic mass is 9.94. The van der Waals surface area contributed by atoms with Crippen molar-refractivity contribution in [3.63, 3.8) is 0 Å². The topological polar surface area (TPSA) is 12.4 Å². The van der Waals surface area contributed by atoms with E-state index in [2.05, 4.69) is 41.5 Å². The highest BCUT2D eigenvalue weighted by molar-refractivity contribution is 5.68. The molecule has 1 nitrogen and oxygen atoms in total. The molecule has 0 amide bonds. The van der Waals surface area contributed by atoms with Gasteiger partial charge in [0.15, 0.2) is 0 Å². The number of hydrogen-bond donors (Lipinski definition) is 0. The maximum Gasteiger partial charge on any atom is 0.0386 e. The lowest BCUT2D eigenvalue weighted by molar-refractivity contribution is 0.684. The van der Waals surface area contributed by atoms with Gasteiger partial charge in [0.2, 0.25) is 0 Å². The molecule has 2 rings (SSSR count). The van der Waals surface area contributed by atoms with Gasteiger partial charge in [0, 0.05) is 18.7 Å². The van der Waals surface area contributed by atoms with E-state index < -0.39 is 0 Å². The van der Waals surface area contributed by atoms with E-state index in [1.165, 1.54) is 18.4 Å². The van der Waals surface area contributed by atoms with Gasteiger partial charge in [0.25, 0.3) is 0 Å². The van der Waals surface area contributed by atoms with Gasteiger partial charge in [-0.3, -0.25) is 4.99 Å². The molecule has 0 bridgehead atoms. The van der Waals surface area contributed by atoms with Crippen LogP contribution >= 0.6 is 0 Å². The predicted molar refractivity (Wildman–Crippen MR) is 51.8 cm³/mol. The Kier molecular flexibility index (Phi) is 2.21. The summed E-state index contributed by atoms with van der Waals surface area (Å²) >= 11 is 0. The summed E-state index contributed by atoms with van der Waals surface area (Å²) in [5, 5.41) is 0. The number of benzene rings is 1. The first-order valence-corrected chi connectivity index (χ1v) is 4.52. The quantitative estimate of drug-likeness (QED) is 0.597. The fourth-order valence-corrected chi connectivity index (χ4v) is 1.63. The van der Waals surface area contributed by atoms with Crippen molar-refractivity contribution in [3.8, 4) is 0 Å². The Morgan fingerprint density at radius 2 is 2.00 bits per heavy atom. The SMILES string of the molecule is C1=NCCCC1c1ccccc1. The molecule has 1 unspecified atom stereocenters. The highest BCUT2D eigenvalue weighted by atomic mass is 14.7. The third-order valence-corrected chi connectivity index (χ3v) is 2.32. The number of nitrogens with zero attached hydrogens (tertiary/aromatic N) is 1. The van der Waals surface area contributed by atoms with Crippen LogP contribution in [0.4, 0.5) is 0 Å². The molecule has 1 aliphatic rings. The molecule has 0 aromatic heterocycles. The minimum absolute atomic E-state index is 0.569. The maximum atomic E-state index is 4.31. The Bertz CT molecular complexity index is 264. The number of aliphatic imine (C=N–C) groups is 1. The monoisotopic (exact) mass is 159 g/mol. The molecule has 1 heteroatoms. The fraction of sp³-hybridized carbons (Fsp3) is 0.364. The predicted octanol–water partition coefficient (Wildman–Crippen LogP) is 2.63. The molecule has 1 heterocycles. The molecule has 1 aliphatic heterocycles. The van der Waals surface area contributed by atoms with Crippen LogP contribution in [0.5, 0.6) is 0 Å². The molecule has 1 aromatic carbocycles. The van der Waals surface area contributed by atoms with Crippen LogP contribution < -0.4 is 0 Å². The normalized spacial score (nSPS) is 22.5. The van der Waals surface area contributed by atoms with Gasteiger partial charge in [0.05, 0.1) is 0 Å². The third kappa shape index (κ3) is 1.55. The second-order valence-electron chi connectivity index (χ2n) is 3.21. The van der Waals surface area contributed by atoms with E-state index in [9.17, 15) is 0 Å². The number of hydrogen-bond acceptors (Lipinski definition) is 1. The molecule has 0 saturated heterocycles. The fourth-order valence-electron chi connectivity index (χ4n) is 1.63. The lowest BCUT2D eigenvalue weighted by Gasteiger charge is -2.15. The second kappa shape index (κ2) is 3.53. The van der Waals surface area contributed by atoms with Crippen molar-refractivity contribution in [2.24, 2.45) is 4.99 Å². The molecule has 1 aromatic rings. The largest absolute Gasteiger partial charge is 0.297 e. The van der Waals surface area contributed by atoms with Crippen LogP contribution in [0, 0.1) is 0 Å². The zero-order chi connectivity index (χ0) is 8.23. The van der Waals surface area contributed by atoms with Crippen LogP contribution in [-0.4, -0.2) is 12.8 Å². The van der Waals surface area contributed by atoms with Crippen molar-refractivity contribution in [1.29, 1.82) is 0 Å². The highest BCUT2D eigenvalue weighted by Gasteiger charge is 2.10. The van der Waals surface area contributed by atoms with E-state index in [1.54, 1.807) is 0 Å². The van der Waals surface area contributed by atoms with Crippen LogP contribution in [0.3, 0.4) is 0 Å². The molecule has 0 N–H and O–H groups in total. The summed E-state index contributed by atoms with van der Waals surface area (Å²) in [7, 11) is 0. The van der Waals surface area contributed by atoms with E-state index in [0.29, 0.717) is 5.92 Å². The summed E-state index contributed by atoms with van der Waals surface area (Å²) in [5.41, 5.74) is 1.40. The summed E-state index contributed by atoms with van der Waals surface area (Å²) in [6, 6.07) is 10.6. The van der Waals surface area contributed by atoms with Crippen LogP contribution in [0.15, 0.2) is 35.3 Å². The van der Waals surface area contributed by atoms with Crippen molar-refractivity contribution < 1.29 is 0 Å². The van der Waals surface area contributed by atoms with Gasteiger partial charge in [-0.2, -0.15) is 0 Å². The van der Waals surface area contributed by atoms with Gasteiger partial charge in [-0.25, -0.2) is 0 Å². The summed E-state index contributed by atoms with van der Waals surface area (Å²) in [6.45, 7) is 1.02. The summed E-state index contributed by atoms with van der Waals surface area (Å²) in [4.78, 5) is 4.31. The van der Waals surface area contributed by atoms with E-state index in [0.717, 1.165) is 6.54 Å². The van der Waals surface area contributed by atoms with Gasteiger partial charge in [-0.1, -0.05) is 30.3 Å². The molecule has 1 atom stereocenters. The molecular weight excluding hydrogens is 146 g/mol. The Morgan fingerprint density at radius 3 is 2.67 bits per heavy atom. The third-order valence-electron chi connectivity index (χ3n) is 2.32. The Labute approximate surface area is 73.1 Å². The molecule has 0 aliphatic carbocycles. The average Bonchev–Trinajstić information content (AvgIpc) is 2.21. The molecule has 0 spiro atoms. The highest BCUT2D eigenvalue weighted by Crippen LogP contribution is 2.21. The van der Waals surface area contributed by atoms with Crippen molar-refractivity contribution in [2.75, 3.05) is 6.54 Å². The van der Waals surface area contributed by atoms with Crippen LogP contribution in [0.1, 0.15) is 24.3 Å². The van der Waals surface area contributed by atoms with E-state index in [1.807, 2.05) is 0 Å². The number of rotatable bonds is 1. The van der Waals surface area contributed by atoms with Gasteiger partial charge in [-0.05, 0) is 18.4 Å². The van der Waals surface area contributed by atoms with Gasteiger partial charge in [0.1, 0.15) is 0 Å². The first kappa shape index (κ1) is 7.53. The van der Waals surface area contributed by atoms with Crippen molar-refractivity contribution >= 4 is 6.21 Å². The Hall–Kier alpha value is -1.11. The molecule has 12 heavy (non-hydrogen) atoms. The molecule has 0 radical (unpaired) electrons. The van der Waals surface area contributed by atoms with Crippen LogP contribution in [-0.2, 0) is 0 Å². The minimum atomic E-state index is 0.569. The van der Waals surface area contributed by atoms with Crippen molar-refractivity contribution in [3.05, 3.63) is 35.9 Å². The molecule has 0 saturated carbocycles. The standard InChI is InChI=1S/C11H13N/c1-2-5-10(6-3-1)11-7-4-8-12-9-11/h1-3,5-6,9,11H,4,7-8H2. The summed E-state index contributed by atoms with van der Waals surface area (Å²) in [5.74, 6) is 0.569. The zero-order valence-corrected chi connectivity index (χ0v) is 7.11. The second-order valence-corrected chi connectivity index (χ2v) is 3.21. The smallest absolute Gasteiger partial charge is 0.0386 e. The average molecular weight is 159 g/mol. The van der Waals surface area contributed by atoms with E-state index in [4.69, 9.17) is 0 Å². The van der Waals surface area contributed by atoms with Gasteiger partial charge >= 0.3 is 0 Å².